The maximum Gasteiger partial charge on any atom is 0.254 e. The highest BCUT2D eigenvalue weighted by atomic mass is 16.3. The molecule has 1 amide bonds. The Morgan fingerprint density at radius 3 is 2.95 bits per heavy atom. The number of nitrogens with zero attached hydrogens (tertiary/aromatic N) is 2. The summed E-state index contributed by atoms with van der Waals surface area (Å²) in [6.07, 6.45) is 2.46. The molecular weight excluding hydrogens is 240 g/mol. The molecule has 4 nitrogen and oxygen atoms in total. The molecule has 19 heavy (non-hydrogen) atoms. The predicted octanol–water partition coefficient (Wildman–Crippen LogP) is 1.62. The molecule has 102 valence electrons. The summed E-state index contributed by atoms with van der Waals surface area (Å²) in [5, 5.41) is 9.42. The second-order valence-electron chi connectivity index (χ2n) is 5.58. The van der Waals surface area contributed by atoms with E-state index >= 15 is 0 Å². The quantitative estimate of drug-likeness (QED) is 0.834. The van der Waals surface area contributed by atoms with Gasteiger partial charge in [-0.25, -0.2) is 0 Å². The van der Waals surface area contributed by atoms with E-state index in [0.717, 1.165) is 25.2 Å². The molecule has 0 spiro atoms. The molecule has 2 aliphatic heterocycles. The van der Waals surface area contributed by atoms with Crippen LogP contribution in [0.5, 0.6) is 5.75 Å². The number of hydrogen-bond donors (Lipinski definition) is 1. The average molecular weight is 260 g/mol. The molecular formula is C15H20N2O2. The smallest absolute Gasteiger partial charge is 0.254 e. The van der Waals surface area contributed by atoms with E-state index in [4.69, 9.17) is 0 Å². The van der Waals surface area contributed by atoms with E-state index < -0.39 is 0 Å². The zero-order chi connectivity index (χ0) is 13.4. The van der Waals surface area contributed by atoms with Crippen molar-refractivity contribution in [3.8, 4) is 5.75 Å². The fraction of sp³-hybridized carbons (Fsp3) is 0.533. The van der Waals surface area contributed by atoms with Crippen LogP contribution in [0, 0.1) is 6.92 Å². The van der Waals surface area contributed by atoms with Gasteiger partial charge in [0.05, 0.1) is 0 Å². The molecule has 2 saturated heterocycles. The van der Waals surface area contributed by atoms with Crippen molar-refractivity contribution < 1.29 is 9.90 Å². The third-order valence-electron chi connectivity index (χ3n) is 4.31. The van der Waals surface area contributed by atoms with E-state index in [9.17, 15) is 9.90 Å². The maximum atomic E-state index is 12.5. The highest BCUT2D eigenvalue weighted by Crippen LogP contribution is 2.24. The molecule has 0 radical (unpaired) electrons. The largest absolute Gasteiger partial charge is 0.508 e. The molecule has 0 bridgehead atoms. The Morgan fingerprint density at radius 1 is 1.32 bits per heavy atom. The number of amides is 1. The SMILES string of the molecule is Cc1cc(O)ccc1C(=O)N1CCN2CCCC2C1. The normalized spacial score (nSPS) is 23.4. The van der Waals surface area contributed by atoms with Gasteiger partial charge in [-0.3, -0.25) is 9.69 Å². The van der Waals surface area contributed by atoms with Crippen LogP contribution in [-0.4, -0.2) is 53.0 Å². The summed E-state index contributed by atoms with van der Waals surface area (Å²) in [5.74, 6) is 0.318. The molecule has 0 aromatic heterocycles. The predicted molar refractivity (Wildman–Crippen MR) is 73.3 cm³/mol. The third kappa shape index (κ3) is 2.32. The molecule has 1 unspecified atom stereocenters. The van der Waals surface area contributed by atoms with Gasteiger partial charge in [0.2, 0.25) is 0 Å². The molecule has 1 atom stereocenters. The van der Waals surface area contributed by atoms with Gasteiger partial charge >= 0.3 is 0 Å². The number of phenols is 1. The lowest BCUT2D eigenvalue weighted by Gasteiger charge is -2.37. The van der Waals surface area contributed by atoms with Gasteiger partial charge in [-0.15, -0.1) is 0 Å². The number of rotatable bonds is 1. The Bertz CT molecular complexity index is 501. The summed E-state index contributed by atoms with van der Waals surface area (Å²) >= 11 is 0. The van der Waals surface area contributed by atoms with Gasteiger partial charge < -0.3 is 10.0 Å². The second-order valence-corrected chi connectivity index (χ2v) is 5.58. The number of fused-ring (bicyclic) bond motifs is 1. The van der Waals surface area contributed by atoms with E-state index in [-0.39, 0.29) is 11.7 Å². The van der Waals surface area contributed by atoms with Crippen molar-refractivity contribution in [3.05, 3.63) is 29.3 Å². The van der Waals surface area contributed by atoms with Crippen LogP contribution in [-0.2, 0) is 0 Å². The van der Waals surface area contributed by atoms with Gasteiger partial charge in [0.15, 0.2) is 0 Å². The number of carbonyl (C=O) groups excluding carboxylic acids is 1. The molecule has 2 heterocycles. The summed E-state index contributed by atoms with van der Waals surface area (Å²) in [5.41, 5.74) is 1.56. The Balaban J connectivity index is 1.76. The molecule has 2 aliphatic rings. The minimum absolute atomic E-state index is 0.101. The fourth-order valence-electron chi connectivity index (χ4n) is 3.23. The summed E-state index contributed by atoms with van der Waals surface area (Å²) in [4.78, 5) is 17.0. The zero-order valence-corrected chi connectivity index (χ0v) is 11.3. The lowest BCUT2D eigenvalue weighted by atomic mass is 10.1. The Hall–Kier alpha value is -1.55. The highest BCUT2D eigenvalue weighted by Gasteiger charge is 2.32. The van der Waals surface area contributed by atoms with E-state index in [2.05, 4.69) is 4.90 Å². The topological polar surface area (TPSA) is 43.8 Å². The van der Waals surface area contributed by atoms with E-state index in [0.29, 0.717) is 11.6 Å². The maximum absolute atomic E-state index is 12.5. The molecule has 1 aromatic rings. The molecule has 4 heteroatoms. The van der Waals surface area contributed by atoms with Crippen molar-refractivity contribution >= 4 is 5.91 Å². The first-order valence-corrected chi connectivity index (χ1v) is 6.98. The summed E-state index contributed by atoms with van der Waals surface area (Å²) < 4.78 is 0. The Morgan fingerprint density at radius 2 is 2.16 bits per heavy atom. The van der Waals surface area contributed by atoms with Gasteiger partial charge in [0.1, 0.15) is 5.75 Å². The first-order valence-electron chi connectivity index (χ1n) is 6.98. The molecule has 0 saturated carbocycles. The van der Waals surface area contributed by atoms with Crippen molar-refractivity contribution in [3.63, 3.8) is 0 Å². The average Bonchev–Trinajstić information content (AvgIpc) is 2.85. The number of aromatic hydroxyl groups is 1. The number of hydrogen-bond acceptors (Lipinski definition) is 3. The number of benzene rings is 1. The van der Waals surface area contributed by atoms with Crippen LogP contribution >= 0.6 is 0 Å². The Labute approximate surface area is 113 Å². The van der Waals surface area contributed by atoms with Gasteiger partial charge in [-0.2, -0.15) is 0 Å². The Kier molecular flexibility index (Phi) is 3.19. The number of aryl methyl sites for hydroxylation is 1. The van der Waals surface area contributed by atoms with Crippen molar-refractivity contribution in [2.75, 3.05) is 26.2 Å². The van der Waals surface area contributed by atoms with Crippen LogP contribution in [0.2, 0.25) is 0 Å². The number of phenolic OH excluding ortho intramolecular Hbond substituents is 1. The molecule has 3 rings (SSSR count). The second kappa shape index (κ2) is 4.85. The minimum atomic E-state index is 0.101. The van der Waals surface area contributed by atoms with Crippen LogP contribution < -0.4 is 0 Å². The number of carbonyl (C=O) groups is 1. The van der Waals surface area contributed by atoms with Crippen molar-refractivity contribution in [1.29, 1.82) is 0 Å². The van der Waals surface area contributed by atoms with Crippen LogP contribution in [0.15, 0.2) is 18.2 Å². The van der Waals surface area contributed by atoms with Crippen molar-refractivity contribution in [1.82, 2.24) is 9.80 Å². The lowest BCUT2D eigenvalue weighted by Crippen LogP contribution is -2.52. The zero-order valence-electron chi connectivity index (χ0n) is 11.3. The summed E-state index contributed by atoms with van der Waals surface area (Å²) in [6, 6.07) is 5.52. The number of piperazine rings is 1. The lowest BCUT2D eigenvalue weighted by molar-refractivity contribution is 0.0570. The molecule has 1 N–H and O–H groups in total. The summed E-state index contributed by atoms with van der Waals surface area (Å²) in [6.45, 7) is 5.71. The van der Waals surface area contributed by atoms with Gasteiger partial charge in [-0.05, 0) is 50.1 Å². The summed E-state index contributed by atoms with van der Waals surface area (Å²) in [7, 11) is 0. The van der Waals surface area contributed by atoms with Gasteiger partial charge in [-0.1, -0.05) is 0 Å². The van der Waals surface area contributed by atoms with Crippen LogP contribution in [0.3, 0.4) is 0 Å². The first kappa shape index (κ1) is 12.5. The monoisotopic (exact) mass is 260 g/mol. The molecule has 2 fully saturated rings. The molecule has 0 aliphatic carbocycles. The van der Waals surface area contributed by atoms with Crippen LogP contribution in [0.1, 0.15) is 28.8 Å². The standard InChI is InChI=1S/C15H20N2O2/c1-11-9-13(18)4-5-14(11)15(19)17-8-7-16-6-2-3-12(16)10-17/h4-5,9,12,18H,2-3,6-8,10H2,1H3. The highest BCUT2D eigenvalue weighted by molar-refractivity contribution is 5.95. The minimum Gasteiger partial charge on any atom is -0.508 e. The van der Waals surface area contributed by atoms with Gasteiger partial charge in [0.25, 0.3) is 5.91 Å². The fourth-order valence-corrected chi connectivity index (χ4v) is 3.23. The van der Waals surface area contributed by atoms with Crippen molar-refractivity contribution in [2.45, 2.75) is 25.8 Å². The van der Waals surface area contributed by atoms with Crippen molar-refractivity contribution in [2.24, 2.45) is 0 Å². The molecule has 1 aromatic carbocycles. The third-order valence-corrected chi connectivity index (χ3v) is 4.31. The first-order chi connectivity index (χ1) is 9.15. The van der Waals surface area contributed by atoms with E-state index in [1.807, 2.05) is 11.8 Å². The van der Waals surface area contributed by atoms with E-state index in [1.54, 1.807) is 18.2 Å². The van der Waals surface area contributed by atoms with E-state index in [1.165, 1.54) is 19.4 Å². The van der Waals surface area contributed by atoms with Crippen LogP contribution in [0.4, 0.5) is 0 Å². The van der Waals surface area contributed by atoms with Gasteiger partial charge in [0, 0.05) is 31.2 Å². The van der Waals surface area contributed by atoms with Crippen LogP contribution in [0.25, 0.3) is 0 Å².